The summed E-state index contributed by atoms with van der Waals surface area (Å²) in [5.41, 5.74) is 0. The predicted octanol–water partition coefficient (Wildman–Crippen LogP) is -0.432. The second-order valence-electron chi connectivity index (χ2n) is 2.94. The van der Waals surface area contributed by atoms with Gasteiger partial charge in [-0.2, -0.15) is 0 Å². The molecule has 1 saturated heterocycles. The summed E-state index contributed by atoms with van der Waals surface area (Å²) in [6, 6.07) is 0. The van der Waals surface area contributed by atoms with Crippen LogP contribution in [0.2, 0.25) is 0 Å². The van der Waals surface area contributed by atoms with E-state index in [1.54, 1.807) is 7.05 Å². The van der Waals surface area contributed by atoms with Gasteiger partial charge in [-0.05, 0) is 7.05 Å². The molecule has 0 unspecified atom stereocenters. The summed E-state index contributed by atoms with van der Waals surface area (Å²) in [6.07, 6.45) is 0. The summed E-state index contributed by atoms with van der Waals surface area (Å²) in [5, 5.41) is 1.29. The molecule has 0 bridgehead atoms. The van der Waals surface area contributed by atoms with Crippen LogP contribution in [0.3, 0.4) is 0 Å². The average molecular weight is 158 g/mol. The lowest BCUT2D eigenvalue weighted by Crippen LogP contribution is -2.51. The monoisotopic (exact) mass is 158 g/mol. The van der Waals surface area contributed by atoms with Crippen molar-refractivity contribution in [1.82, 2.24) is 9.96 Å². The average Bonchev–Trinajstić information content (AvgIpc) is 1.96. The van der Waals surface area contributed by atoms with Crippen molar-refractivity contribution in [3.05, 3.63) is 0 Å². The summed E-state index contributed by atoms with van der Waals surface area (Å²) < 4.78 is 0. The molecule has 0 radical (unpaired) electrons. The molecule has 0 aromatic carbocycles. The molecule has 0 saturated carbocycles. The molecule has 11 heavy (non-hydrogen) atoms. The maximum atomic E-state index is 11.3. The molecule has 1 fully saturated rings. The molecule has 4 nitrogen and oxygen atoms in total. The van der Waals surface area contributed by atoms with Crippen molar-refractivity contribution in [1.29, 1.82) is 0 Å². The first-order valence-corrected chi connectivity index (χ1v) is 3.65. The Bertz CT molecular complexity index is 155. The van der Waals surface area contributed by atoms with Gasteiger partial charge in [-0.3, -0.25) is 9.63 Å². The number of amides is 1. The van der Waals surface area contributed by atoms with Gasteiger partial charge in [0.1, 0.15) is 0 Å². The van der Waals surface area contributed by atoms with Crippen LogP contribution >= 0.6 is 0 Å². The first-order chi connectivity index (χ1) is 5.15. The van der Waals surface area contributed by atoms with Crippen LogP contribution in [-0.4, -0.2) is 50.2 Å². The van der Waals surface area contributed by atoms with E-state index in [4.69, 9.17) is 4.84 Å². The molecule has 0 aromatic rings. The molecule has 0 N–H and O–H groups in total. The van der Waals surface area contributed by atoms with Gasteiger partial charge in [-0.25, -0.2) is 5.06 Å². The number of rotatable bonds is 2. The zero-order valence-corrected chi connectivity index (χ0v) is 7.20. The third-order valence-electron chi connectivity index (χ3n) is 2.00. The van der Waals surface area contributed by atoms with Gasteiger partial charge in [0.15, 0.2) is 0 Å². The summed E-state index contributed by atoms with van der Waals surface area (Å²) in [7, 11) is 5.14. The molecule has 0 aromatic heterocycles. The van der Waals surface area contributed by atoms with Gasteiger partial charge in [0.2, 0.25) is 0 Å². The second kappa shape index (κ2) is 3.19. The lowest BCUT2D eigenvalue weighted by Gasteiger charge is -2.36. The van der Waals surface area contributed by atoms with Crippen LogP contribution in [-0.2, 0) is 9.63 Å². The molecule has 4 heteroatoms. The fourth-order valence-corrected chi connectivity index (χ4v) is 1.20. The summed E-state index contributed by atoms with van der Waals surface area (Å²) in [5.74, 6) is 0.218. The lowest BCUT2D eigenvalue weighted by atomic mass is 10.0. The molecule has 1 amide bonds. The number of hydrogen-bond acceptors (Lipinski definition) is 3. The van der Waals surface area contributed by atoms with Gasteiger partial charge in [0, 0.05) is 20.1 Å². The van der Waals surface area contributed by atoms with Crippen LogP contribution in [0.25, 0.3) is 0 Å². The van der Waals surface area contributed by atoms with Crippen LogP contribution in [0.15, 0.2) is 0 Å². The third kappa shape index (κ3) is 1.70. The molecule has 1 aliphatic rings. The van der Waals surface area contributed by atoms with Gasteiger partial charge in [-0.15, -0.1) is 0 Å². The van der Waals surface area contributed by atoms with Crippen molar-refractivity contribution in [3.63, 3.8) is 0 Å². The minimum Gasteiger partial charge on any atom is -0.305 e. The fraction of sp³-hybridized carbons (Fsp3) is 0.857. The Hall–Kier alpha value is -0.610. The number of hydrogen-bond donors (Lipinski definition) is 0. The molecule has 1 rings (SSSR count). The Balaban J connectivity index is 2.31. The number of carbonyl (C=O) groups is 1. The van der Waals surface area contributed by atoms with Crippen LogP contribution < -0.4 is 0 Å². The standard InChI is InChI=1S/C7H14N2O2/c1-8-4-6(5-8)7(10)9(2)11-3/h6H,4-5H2,1-3H3. The Morgan fingerprint density at radius 1 is 1.64 bits per heavy atom. The highest BCUT2D eigenvalue weighted by molar-refractivity contribution is 5.78. The molecule has 64 valence electrons. The first kappa shape index (κ1) is 8.49. The van der Waals surface area contributed by atoms with Gasteiger partial charge in [0.25, 0.3) is 5.91 Å². The maximum absolute atomic E-state index is 11.3. The smallest absolute Gasteiger partial charge is 0.251 e. The molecule has 0 atom stereocenters. The van der Waals surface area contributed by atoms with E-state index in [0.29, 0.717) is 0 Å². The minimum atomic E-state index is 0.0746. The summed E-state index contributed by atoms with van der Waals surface area (Å²) >= 11 is 0. The van der Waals surface area contributed by atoms with Crippen LogP contribution in [0.4, 0.5) is 0 Å². The van der Waals surface area contributed by atoms with Gasteiger partial charge in [-0.1, -0.05) is 0 Å². The van der Waals surface area contributed by atoms with Crippen LogP contribution in [0.1, 0.15) is 0 Å². The second-order valence-corrected chi connectivity index (χ2v) is 2.94. The van der Waals surface area contributed by atoms with Crippen molar-refractivity contribution in [3.8, 4) is 0 Å². The first-order valence-electron chi connectivity index (χ1n) is 3.65. The van der Waals surface area contributed by atoms with E-state index in [1.165, 1.54) is 12.2 Å². The van der Waals surface area contributed by atoms with E-state index in [9.17, 15) is 4.79 Å². The van der Waals surface area contributed by atoms with E-state index in [2.05, 4.69) is 4.90 Å². The van der Waals surface area contributed by atoms with E-state index in [0.717, 1.165) is 13.1 Å². The molecule has 1 heterocycles. The van der Waals surface area contributed by atoms with Crippen LogP contribution in [0.5, 0.6) is 0 Å². The Kier molecular flexibility index (Phi) is 2.46. The highest BCUT2D eigenvalue weighted by atomic mass is 16.7. The normalized spacial score (nSPS) is 19.5. The molecule has 1 aliphatic heterocycles. The molecule has 0 aliphatic carbocycles. The van der Waals surface area contributed by atoms with E-state index >= 15 is 0 Å². The van der Waals surface area contributed by atoms with Crippen molar-refractivity contribution >= 4 is 5.91 Å². The zero-order chi connectivity index (χ0) is 8.43. The van der Waals surface area contributed by atoms with Gasteiger partial charge in [0.05, 0.1) is 13.0 Å². The quantitative estimate of drug-likeness (QED) is 0.511. The Morgan fingerprint density at radius 3 is 2.55 bits per heavy atom. The van der Waals surface area contributed by atoms with Crippen molar-refractivity contribution in [2.75, 3.05) is 34.3 Å². The number of likely N-dealkylation sites (tertiary alicyclic amines) is 1. The summed E-state index contributed by atoms with van der Waals surface area (Å²) in [4.78, 5) is 18.1. The lowest BCUT2D eigenvalue weighted by molar-refractivity contribution is -0.178. The highest BCUT2D eigenvalue weighted by Crippen LogP contribution is 2.14. The largest absolute Gasteiger partial charge is 0.305 e. The van der Waals surface area contributed by atoms with E-state index in [-0.39, 0.29) is 11.8 Å². The van der Waals surface area contributed by atoms with Crippen molar-refractivity contribution in [2.45, 2.75) is 0 Å². The number of hydroxylamine groups is 2. The molecule has 0 spiro atoms. The number of carbonyl (C=O) groups excluding carboxylic acids is 1. The predicted molar refractivity (Wildman–Crippen MR) is 40.8 cm³/mol. The van der Waals surface area contributed by atoms with Gasteiger partial charge < -0.3 is 4.90 Å². The SMILES string of the molecule is CON(C)C(=O)C1CN(C)C1. The topological polar surface area (TPSA) is 32.8 Å². The molecular weight excluding hydrogens is 144 g/mol. The van der Waals surface area contributed by atoms with E-state index < -0.39 is 0 Å². The third-order valence-corrected chi connectivity index (χ3v) is 2.00. The Morgan fingerprint density at radius 2 is 2.18 bits per heavy atom. The highest BCUT2D eigenvalue weighted by Gasteiger charge is 2.32. The van der Waals surface area contributed by atoms with Crippen LogP contribution in [0, 0.1) is 5.92 Å². The fourth-order valence-electron chi connectivity index (χ4n) is 1.20. The number of nitrogens with zero attached hydrogens (tertiary/aromatic N) is 2. The van der Waals surface area contributed by atoms with Crippen molar-refractivity contribution < 1.29 is 9.63 Å². The molecular formula is C7H14N2O2. The van der Waals surface area contributed by atoms with Gasteiger partial charge >= 0.3 is 0 Å². The van der Waals surface area contributed by atoms with Crippen molar-refractivity contribution in [2.24, 2.45) is 5.92 Å². The van der Waals surface area contributed by atoms with E-state index in [1.807, 2.05) is 7.05 Å². The minimum absolute atomic E-state index is 0.0746. The maximum Gasteiger partial charge on any atom is 0.251 e. The Labute approximate surface area is 66.7 Å². The summed E-state index contributed by atoms with van der Waals surface area (Å²) in [6.45, 7) is 1.71. The zero-order valence-electron chi connectivity index (χ0n) is 7.20.